The van der Waals surface area contributed by atoms with Crippen molar-refractivity contribution >= 4 is 48.0 Å². The van der Waals surface area contributed by atoms with E-state index in [-0.39, 0.29) is 41.1 Å². The van der Waals surface area contributed by atoms with Crippen LogP contribution >= 0.6 is 36.4 Å². The van der Waals surface area contributed by atoms with Crippen molar-refractivity contribution in [3.8, 4) is 0 Å². The number of anilines is 1. The van der Waals surface area contributed by atoms with E-state index in [2.05, 4.69) is 10.6 Å². The first-order valence-electron chi connectivity index (χ1n) is 8.32. The average Bonchev–Trinajstić information content (AvgIpc) is 2.60. The zero-order valence-corrected chi connectivity index (χ0v) is 17.8. The van der Waals surface area contributed by atoms with Crippen LogP contribution in [0.3, 0.4) is 0 Å². The fourth-order valence-electron chi connectivity index (χ4n) is 3.23. The maximum absolute atomic E-state index is 14.8. The van der Waals surface area contributed by atoms with E-state index < -0.39 is 23.6 Å². The fraction of sp³-hybridized carbons (Fsp3) is 0.316. The Labute approximate surface area is 180 Å². The van der Waals surface area contributed by atoms with Gasteiger partial charge in [0.25, 0.3) is 0 Å². The lowest BCUT2D eigenvalue weighted by molar-refractivity contribution is -0.120. The Morgan fingerprint density at radius 2 is 1.93 bits per heavy atom. The van der Waals surface area contributed by atoms with E-state index in [1.54, 1.807) is 25.1 Å². The van der Waals surface area contributed by atoms with Crippen LogP contribution in [-0.4, -0.2) is 31.4 Å². The van der Waals surface area contributed by atoms with Gasteiger partial charge in [-0.25, -0.2) is 8.78 Å². The molecule has 0 aromatic heterocycles. The minimum atomic E-state index is -0.985. The van der Waals surface area contributed by atoms with Gasteiger partial charge in [-0.15, -0.1) is 24.8 Å². The molecule has 0 bridgehead atoms. The van der Waals surface area contributed by atoms with Gasteiger partial charge in [-0.2, -0.15) is 0 Å². The van der Waals surface area contributed by atoms with Gasteiger partial charge in [0.2, 0.25) is 5.91 Å². The molecule has 0 saturated heterocycles. The fourth-order valence-corrected chi connectivity index (χ4v) is 3.49. The molecule has 1 amide bonds. The topological polar surface area (TPSA) is 44.4 Å². The molecule has 1 unspecified atom stereocenters. The number of carbonyl (C=O) groups excluding carboxylic acids is 1. The molecule has 4 nitrogen and oxygen atoms in total. The van der Waals surface area contributed by atoms with Crippen LogP contribution in [0.25, 0.3) is 0 Å². The third kappa shape index (κ3) is 4.93. The van der Waals surface area contributed by atoms with Crippen molar-refractivity contribution in [3.63, 3.8) is 0 Å². The Morgan fingerprint density at radius 1 is 1.21 bits per heavy atom. The van der Waals surface area contributed by atoms with Gasteiger partial charge in [-0.05, 0) is 56.4 Å². The summed E-state index contributed by atoms with van der Waals surface area (Å²) in [7, 11) is 3.28. The Hall–Kier alpha value is -1.44. The molecule has 1 aliphatic heterocycles. The first-order chi connectivity index (χ1) is 12.4. The molecular weight excluding hydrogens is 431 g/mol. The van der Waals surface area contributed by atoms with E-state index in [9.17, 15) is 13.6 Å². The summed E-state index contributed by atoms with van der Waals surface area (Å²) >= 11 is 6.11. The number of benzene rings is 2. The van der Waals surface area contributed by atoms with Crippen molar-refractivity contribution in [2.24, 2.45) is 0 Å². The van der Waals surface area contributed by atoms with Crippen LogP contribution in [0.2, 0.25) is 5.02 Å². The molecule has 0 spiro atoms. The molecule has 1 aliphatic rings. The SMILES string of the molecule is CN(C)C(C(=O)Nc1ccc2c(c1F)CCNC2)c1c(F)cccc1Cl.Cl.Cl. The maximum Gasteiger partial charge on any atom is 0.246 e. The van der Waals surface area contributed by atoms with E-state index in [4.69, 9.17) is 11.6 Å². The summed E-state index contributed by atoms with van der Waals surface area (Å²) in [5, 5.41) is 5.92. The highest BCUT2D eigenvalue weighted by Gasteiger charge is 2.29. The largest absolute Gasteiger partial charge is 0.322 e. The molecule has 9 heteroatoms. The predicted molar refractivity (Wildman–Crippen MR) is 113 cm³/mol. The van der Waals surface area contributed by atoms with Gasteiger partial charge in [-0.3, -0.25) is 9.69 Å². The third-order valence-electron chi connectivity index (χ3n) is 4.50. The summed E-state index contributed by atoms with van der Waals surface area (Å²) in [4.78, 5) is 14.4. The van der Waals surface area contributed by atoms with Gasteiger partial charge >= 0.3 is 0 Å². The Balaban J connectivity index is 0.00000196. The molecule has 0 aliphatic carbocycles. The minimum Gasteiger partial charge on any atom is -0.322 e. The van der Waals surface area contributed by atoms with Crippen LogP contribution in [0, 0.1) is 11.6 Å². The van der Waals surface area contributed by atoms with Crippen LogP contribution in [0.5, 0.6) is 0 Å². The first-order valence-corrected chi connectivity index (χ1v) is 8.70. The number of hydrogen-bond donors (Lipinski definition) is 2. The predicted octanol–water partition coefficient (Wildman–Crippen LogP) is 4.35. The third-order valence-corrected chi connectivity index (χ3v) is 4.83. The lowest BCUT2D eigenvalue weighted by Gasteiger charge is -2.26. The number of likely N-dealkylation sites (N-methyl/N-ethyl adjacent to an activating group) is 1. The van der Waals surface area contributed by atoms with Crippen molar-refractivity contribution in [2.75, 3.05) is 26.0 Å². The molecule has 0 saturated carbocycles. The zero-order valence-electron chi connectivity index (χ0n) is 15.4. The first kappa shape index (κ1) is 24.6. The van der Waals surface area contributed by atoms with Gasteiger partial charge in [-0.1, -0.05) is 23.7 Å². The van der Waals surface area contributed by atoms with Crippen molar-refractivity contribution < 1.29 is 13.6 Å². The standard InChI is InChI=1S/C19H20ClF2N3O.2ClH/c1-25(2)18(16-13(20)4-3-5-14(16)21)19(26)24-15-7-6-11-10-23-9-8-12(11)17(15)22;;/h3-7,18,23H,8-10H2,1-2H3,(H,24,26);2*1H. The molecule has 2 aromatic rings. The van der Waals surface area contributed by atoms with Crippen LogP contribution < -0.4 is 10.6 Å². The van der Waals surface area contributed by atoms with Crippen molar-refractivity contribution in [3.05, 3.63) is 63.7 Å². The number of nitrogens with zero attached hydrogens (tertiary/aromatic N) is 1. The highest BCUT2D eigenvalue weighted by molar-refractivity contribution is 6.31. The zero-order chi connectivity index (χ0) is 18.8. The summed E-state index contributed by atoms with van der Waals surface area (Å²) in [6, 6.07) is 6.59. The van der Waals surface area contributed by atoms with Crippen molar-refractivity contribution in [1.82, 2.24) is 10.2 Å². The van der Waals surface area contributed by atoms with E-state index in [1.165, 1.54) is 24.3 Å². The molecule has 3 rings (SSSR count). The van der Waals surface area contributed by atoms with Gasteiger partial charge < -0.3 is 10.6 Å². The second kappa shape index (κ2) is 10.4. The molecule has 1 heterocycles. The monoisotopic (exact) mass is 451 g/mol. The van der Waals surface area contributed by atoms with Gasteiger partial charge in [0, 0.05) is 17.1 Å². The second-order valence-corrected chi connectivity index (χ2v) is 6.89. The van der Waals surface area contributed by atoms with Gasteiger partial charge in [0.1, 0.15) is 17.7 Å². The minimum absolute atomic E-state index is 0. The van der Waals surface area contributed by atoms with Crippen LogP contribution in [-0.2, 0) is 17.8 Å². The van der Waals surface area contributed by atoms with Crippen molar-refractivity contribution in [1.29, 1.82) is 0 Å². The van der Waals surface area contributed by atoms with E-state index in [0.29, 0.717) is 25.1 Å². The van der Waals surface area contributed by atoms with E-state index >= 15 is 0 Å². The summed E-state index contributed by atoms with van der Waals surface area (Å²) in [5.41, 5.74) is 1.65. The Kier molecular flexibility index (Phi) is 9.11. The van der Waals surface area contributed by atoms with Crippen LogP contribution in [0.1, 0.15) is 22.7 Å². The van der Waals surface area contributed by atoms with Crippen LogP contribution in [0.4, 0.5) is 14.5 Å². The molecule has 2 aromatic carbocycles. The number of halogens is 5. The molecule has 154 valence electrons. The Bertz CT molecular complexity index is 829. The summed E-state index contributed by atoms with van der Waals surface area (Å²) in [6.07, 6.45) is 0.557. The van der Waals surface area contributed by atoms with Crippen LogP contribution in [0.15, 0.2) is 30.3 Å². The quantitative estimate of drug-likeness (QED) is 0.725. The smallest absolute Gasteiger partial charge is 0.246 e. The lowest BCUT2D eigenvalue weighted by Crippen LogP contribution is -2.33. The van der Waals surface area contributed by atoms with Gasteiger partial charge in [0.15, 0.2) is 0 Å². The number of carbonyl (C=O) groups is 1. The van der Waals surface area contributed by atoms with Gasteiger partial charge in [0.05, 0.1) is 5.69 Å². The molecule has 0 fully saturated rings. The van der Waals surface area contributed by atoms with Crippen molar-refractivity contribution in [2.45, 2.75) is 19.0 Å². The molecule has 1 atom stereocenters. The normalized spacial score (nSPS) is 13.8. The highest BCUT2D eigenvalue weighted by Crippen LogP contribution is 2.31. The average molecular weight is 453 g/mol. The van der Waals surface area contributed by atoms with E-state index in [1.807, 2.05) is 0 Å². The maximum atomic E-state index is 14.8. The summed E-state index contributed by atoms with van der Waals surface area (Å²) in [5.74, 6) is -1.56. The number of fused-ring (bicyclic) bond motifs is 1. The number of rotatable bonds is 4. The highest BCUT2D eigenvalue weighted by atomic mass is 35.5. The summed E-state index contributed by atoms with van der Waals surface area (Å²) in [6.45, 7) is 1.29. The number of hydrogen-bond acceptors (Lipinski definition) is 3. The lowest BCUT2D eigenvalue weighted by atomic mass is 9.99. The number of nitrogens with one attached hydrogen (secondary N) is 2. The Morgan fingerprint density at radius 3 is 2.57 bits per heavy atom. The second-order valence-electron chi connectivity index (χ2n) is 6.48. The molecule has 0 radical (unpaired) electrons. The molecule has 2 N–H and O–H groups in total. The molecular formula is C19H22Cl3F2N3O. The number of amides is 1. The summed E-state index contributed by atoms with van der Waals surface area (Å²) < 4.78 is 29.1. The van der Waals surface area contributed by atoms with E-state index in [0.717, 1.165) is 5.56 Å². The molecule has 28 heavy (non-hydrogen) atoms.